The summed E-state index contributed by atoms with van der Waals surface area (Å²) >= 11 is 0. The first kappa shape index (κ1) is 30.0. The minimum atomic E-state index is -0.705. The van der Waals surface area contributed by atoms with Crippen LogP contribution in [0, 0.1) is 0 Å². The van der Waals surface area contributed by atoms with Gasteiger partial charge in [-0.15, -0.1) is 0 Å². The lowest BCUT2D eigenvalue weighted by Crippen LogP contribution is -2.52. The number of carbonyl (C=O) groups excluding carboxylic acids is 4. The number of hydrogen-bond acceptors (Lipinski definition) is 10. The second-order valence-electron chi connectivity index (χ2n) is 10.0. The molecule has 13 nitrogen and oxygen atoms in total. The van der Waals surface area contributed by atoms with Crippen LogP contribution < -0.4 is 21.7 Å². The number of rotatable bonds is 14. The van der Waals surface area contributed by atoms with Crippen molar-refractivity contribution in [3.05, 3.63) is 65.4 Å². The number of nitrogens with two attached hydrogens (primary N) is 1. The van der Waals surface area contributed by atoms with Crippen molar-refractivity contribution in [3.63, 3.8) is 0 Å². The quantitative estimate of drug-likeness (QED) is 0.123. The molecule has 1 aromatic heterocycles. The van der Waals surface area contributed by atoms with E-state index in [2.05, 4.69) is 20.9 Å². The molecule has 3 heterocycles. The Kier molecular flexibility index (Phi) is 9.89. The summed E-state index contributed by atoms with van der Waals surface area (Å²) < 4.78 is 16.0. The van der Waals surface area contributed by atoms with E-state index >= 15 is 0 Å². The van der Waals surface area contributed by atoms with Gasteiger partial charge < -0.3 is 35.5 Å². The number of piperidine rings is 1. The Morgan fingerprint density at radius 2 is 1.77 bits per heavy atom. The maximum absolute atomic E-state index is 13.3. The lowest BCUT2D eigenvalue weighted by atomic mass is 10.0. The Hall–Kier alpha value is -4.43. The van der Waals surface area contributed by atoms with Gasteiger partial charge in [0.25, 0.3) is 11.8 Å². The first-order valence-electron chi connectivity index (χ1n) is 14.1. The molecule has 0 saturated carbocycles. The number of anilines is 2. The minimum absolute atomic E-state index is 0.167. The predicted molar refractivity (Wildman–Crippen MR) is 157 cm³/mol. The van der Waals surface area contributed by atoms with E-state index in [0.717, 1.165) is 16.6 Å². The van der Waals surface area contributed by atoms with Crippen molar-refractivity contribution in [1.29, 1.82) is 0 Å². The molecular weight excluding hydrogens is 556 g/mol. The third-order valence-electron chi connectivity index (χ3n) is 7.16. The number of fused-ring (bicyclic) bond motifs is 2. The molecular formula is C30H34N6O7. The van der Waals surface area contributed by atoms with Crippen LogP contribution in [-0.2, 0) is 30.3 Å². The van der Waals surface area contributed by atoms with Crippen molar-refractivity contribution in [2.24, 2.45) is 5.73 Å². The molecule has 1 unspecified atom stereocenters. The number of aromatic nitrogens is 1. The van der Waals surface area contributed by atoms with Gasteiger partial charge in [-0.05, 0) is 36.2 Å². The number of hydrogen-bond donors (Lipinski definition) is 4. The maximum Gasteiger partial charge on any atom is 0.274 e. The van der Waals surface area contributed by atoms with Gasteiger partial charge >= 0.3 is 0 Å². The number of nitrogens with one attached hydrogen (secondary N) is 3. The molecule has 0 aliphatic carbocycles. The van der Waals surface area contributed by atoms with Crippen molar-refractivity contribution in [2.75, 3.05) is 56.9 Å². The second-order valence-corrected chi connectivity index (χ2v) is 10.0. The predicted octanol–water partition coefficient (Wildman–Crippen LogP) is 1.63. The van der Waals surface area contributed by atoms with E-state index < -0.39 is 17.9 Å². The van der Waals surface area contributed by atoms with Crippen LogP contribution in [-0.4, -0.2) is 85.9 Å². The van der Waals surface area contributed by atoms with E-state index in [-0.39, 0.29) is 43.6 Å². The molecule has 5 N–H and O–H groups in total. The standard InChI is InChI=1S/C30H34N6O7/c31-18-43-14-13-42-12-11-41-10-9-32-24-16-25(34-23-4-2-1-3-21(23)24)28(38)33-20-6-5-19-17-36(30(40)22(19)15-20)26-7-8-27(37)35-29(26)39/h1-6,15-16,26H,7-14,17-18,31H2,(H,32,34)(H,33,38)(H,35,37,39). The van der Waals surface area contributed by atoms with Gasteiger partial charge in [-0.2, -0.15) is 0 Å². The fourth-order valence-corrected chi connectivity index (χ4v) is 5.05. The van der Waals surface area contributed by atoms with E-state index in [9.17, 15) is 19.2 Å². The average molecular weight is 591 g/mol. The molecule has 5 rings (SSSR count). The van der Waals surface area contributed by atoms with Crippen LogP contribution in [0.3, 0.4) is 0 Å². The zero-order valence-corrected chi connectivity index (χ0v) is 23.6. The van der Waals surface area contributed by atoms with Gasteiger partial charge in [0, 0.05) is 41.8 Å². The number of nitrogens with zero attached hydrogens (tertiary/aromatic N) is 2. The van der Waals surface area contributed by atoms with Crippen LogP contribution in [0.2, 0.25) is 0 Å². The highest BCUT2D eigenvalue weighted by Crippen LogP contribution is 2.30. The largest absolute Gasteiger partial charge is 0.382 e. The number of benzene rings is 2. The second kappa shape index (κ2) is 14.2. The fourth-order valence-electron chi connectivity index (χ4n) is 5.05. The van der Waals surface area contributed by atoms with Crippen LogP contribution in [0.25, 0.3) is 10.9 Å². The van der Waals surface area contributed by atoms with Gasteiger partial charge in [-0.1, -0.05) is 24.3 Å². The fraction of sp³-hybridized carbons (Fsp3) is 0.367. The molecule has 0 bridgehead atoms. The zero-order chi connectivity index (χ0) is 30.2. The molecule has 3 aromatic rings. The number of ether oxygens (including phenoxy) is 3. The third-order valence-corrected chi connectivity index (χ3v) is 7.16. The van der Waals surface area contributed by atoms with Crippen LogP contribution in [0.1, 0.15) is 39.3 Å². The van der Waals surface area contributed by atoms with E-state index in [4.69, 9.17) is 19.9 Å². The van der Waals surface area contributed by atoms with Crippen molar-refractivity contribution in [1.82, 2.24) is 15.2 Å². The van der Waals surface area contributed by atoms with E-state index in [1.807, 2.05) is 24.3 Å². The van der Waals surface area contributed by atoms with Crippen molar-refractivity contribution < 1.29 is 33.4 Å². The number of carbonyl (C=O) groups is 4. The lowest BCUT2D eigenvalue weighted by Gasteiger charge is -2.29. The molecule has 43 heavy (non-hydrogen) atoms. The Morgan fingerprint density at radius 1 is 1.00 bits per heavy atom. The topological polar surface area (TPSA) is 174 Å². The molecule has 0 spiro atoms. The van der Waals surface area contributed by atoms with Crippen LogP contribution >= 0.6 is 0 Å². The zero-order valence-electron chi connectivity index (χ0n) is 23.6. The molecule has 2 aliphatic rings. The van der Waals surface area contributed by atoms with Gasteiger partial charge in [0.2, 0.25) is 11.8 Å². The van der Waals surface area contributed by atoms with E-state index in [0.29, 0.717) is 56.3 Å². The first-order chi connectivity index (χ1) is 20.9. The van der Waals surface area contributed by atoms with E-state index in [1.165, 1.54) is 4.90 Å². The Morgan fingerprint density at radius 3 is 2.56 bits per heavy atom. The Balaban J connectivity index is 1.20. The van der Waals surface area contributed by atoms with Gasteiger partial charge in [0.15, 0.2) is 0 Å². The highest BCUT2D eigenvalue weighted by molar-refractivity contribution is 6.08. The molecule has 1 atom stereocenters. The molecule has 4 amide bonds. The smallest absolute Gasteiger partial charge is 0.274 e. The molecule has 2 aromatic carbocycles. The highest BCUT2D eigenvalue weighted by Gasteiger charge is 2.39. The highest BCUT2D eigenvalue weighted by atomic mass is 16.5. The van der Waals surface area contributed by atoms with Gasteiger partial charge in [-0.3, -0.25) is 24.5 Å². The molecule has 1 saturated heterocycles. The summed E-state index contributed by atoms with van der Waals surface area (Å²) in [6.45, 7) is 3.13. The maximum atomic E-state index is 13.3. The summed E-state index contributed by atoms with van der Waals surface area (Å²) in [6, 6.07) is 13.6. The SMILES string of the molecule is NCOCCOCCOCCNc1cc(C(=O)Nc2ccc3c(c2)C(=O)N(C2CCC(=O)NC2=O)C3)nc2ccccc12. The Labute approximate surface area is 248 Å². The molecule has 1 fully saturated rings. The summed E-state index contributed by atoms with van der Waals surface area (Å²) in [5.41, 5.74) is 8.42. The monoisotopic (exact) mass is 590 g/mol. The summed E-state index contributed by atoms with van der Waals surface area (Å²) in [4.78, 5) is 56.3. The molecule has 2 aliphatic heterocycles. The summed E-state index contributed by atoms with van der Waals surface area (Å²) in [7, 11) is 0. The minimum Gasteiger partial charge on any atom is -0.382 e. The number of imide groups is 1. The van der Waals surface area contributed by atoms with Gasteiger partial charge in [-0.25, -0.2) is 4.98 Å². The normalized spacial score (nSPS) is 16.3. The first-order valence-corrected chi connectivity index (χ1v) is 14.1. The molecule has 226 valence electrons. The molecule has 13 heteroatoms. The average Bonchev–Trinajstić information content (AvgIpc) is 3.33. The summed E-state index contributed by atoms with van der Waals surface area (Å²) in [5.74, 6) is -1.56. The third kappa shape index (κ3) is 7.32. The Bertz CT molecular complexity index is 1510. The van der Waals surface area contributed by atoms with Crippen molar-refractivity contribution in [2.45, 2.75) is 25.4 Å². The summed E-state index contributed by atoms with van der Waals surface area (Å²) in [5, 5.41) is 9.32. The van der Waals surface area contributed by atoms with Gasteiger partial charge in [0.1, 0.15) is 11.7 Å². The van der Waals surface area contributed by atoms with Crippen LogP contribution in [0.15, 0.2) is 48.5 Å². The summed E-state index contributed by atoms with van der Waals surface area (Å²) in [6.07, 6.45) is 0.464. The van der Waals surface area contributed by atoms with E-state index in [1.54, 1.807) is 24.3 Å². The van der Waals surface area contributed by atoms with Crippen LogP contribution in [0.5, 0.6) is 0 Å². The number of amides is 4. The van der Waals surface area contributed by atoms with Crippen molar-refractivity contribution >= 4 is 45.9 Å². The molecule has 0 radical (unpaired) electrons. The van der Waals surface area contributed by atoms with Crippen LogP contribution in [0.4, 0.5) is 11.4 Å². The number of pyridine rings is 1. The van der Waals surface area contributed by atoms with Gasteiger partial charge in [0.05, 0.1) is 45.3 Å². The number of para-hydroxylation sites is 1. The lowest BCUT2D eigenvalue weighted by molar-refractivity contribution is -0.136. The van der Waals surface area contributed by atoms with Crippen molar-refractivity contribution in [3.8, 4) is 0 Å².